The first-order chi connectivity index (χ1) is 15.6. The number of rotatable bonds is 11. The van der Waals surface area contributed by atoms with E-state index < -0.39 is 0 Å². The second-order valence-electron chi connectivity index (χ2n) is 6.90. The first-order valence-electron chi connectivity index (χ1n) is 10.6. The zero-order valence-electron chi connectivity index (χ0n) is 18.7. The molecular weight excluding hydrogens is 404 g/mol. The zero-order chi connectivity index (χ0) is 22.8. The van der Waals surface area contributed by atoms with Crippen molar-refractivity contribution in [3.63, 3.8) is 0 Å². The predicted molar refractivity (Wildman–Crippen MR) is 126 cm³/mol. The van der Waals surface area contributed by atoms with Crippen LogP contribution < -0.4 is 18.9 Å². The second kappa shape index (κ2) is 11.6. The number of hydrogen-bond donors (Lipinski definition) is 0. The highest BCUT2D eigenvalue weighted by Crippen LogP contribution is 2.29. The predicted octanol–water partition coefficient (Wildman–Crippen LogP) is 5.97. The quantitative estimate of drug-likeness (QED) is 0.276. The van der Waals surface area contributed by atoms with E-state index in [4.69, 9.17) is 18.9 Å². The fourth-order valence-electron chi connectivity index (χ4n) is 3.16. The Morgan fingerprint density at radius 2 is 1.47 bits per heavy atom. The van der Waals surface area contributed by atoms with Gasteiger partial charge in [0.2, 0.25) is 0 Å². The highest BCUT2D eigenvalue weighted by Gasteiger charge is 2.12. The fraction of sp³-hybridized carbons (Fsp3) is 0.222. The summed E-state index contributed by atoms with van der Waals surface area (Å²) in [7, 11) is 1.54. The van der Waals surface area contributed by atoms with Crippen molar-refractivity contribution in [1.29, 1.82) is 0 Å². The van der Waals surface area contributed by atoms with Gasteiger partial charge >= 0.3 is 0 Å². The van der Waals surface area contributed by atoms with Crippen LogP contribution in [0.4, 0.5) is 0 Å². The Hall–Kier alpha value is -3.73. The molecular formula is C27H28O5. The summed E-state index contributed by atoms with van der Waals surface area (Å²) in [5.41, 5.74) is 2.30. The van der Waals surface area contributed by atoms with E-state index >= 15 is 0 Å². The molecule has 0 unspecified atom stereocenters. The molecule has 0 amide bonds. The minimum Gasteiger partial charge on any atom is -0.496 e. The van der Waals surface area contributed by atoms with Gasteiger partial charge in [0.15, 0.2) is 5.78 Å². The van der Waals surface area contributed by atoms with Crippen LogP contribution in [0, 0.1) is 0 Å². The Balaban J connectivity index is 1.82. The minimum atomic E-state index is -0.173. The molecule has 0 aromatic heterocycles. The van der Waals surface area contributed by atoms with E-state index in [1.165, 1.54) is 13.2 Å². The molecule has 0 radical (unpaired) electrons. The SMILES string of the molecule is CCOc1ccc(C=CC(=O)c2ccc(OCC)cc2OC)c(OCc2ccccc2)c1. The van der Waals surface area contributed by atoms with Crippen molar-refractivity contribution in [3.05, 3.63) is 89.5 Å². The lowest BCUT2D eigenvalue weighted by Crippen LogP contribution is -2.01. The van der Waals surface area contributed by atoms with E-state index in [0.29, 0.717) is 48.4 Å². The topological polar surface area (TPSA) is 54.0 Å². The molecule has 0 saturated heterocycles. The molecule has 0 spiro atoms. The van der Waals surface area contributed by atoms with E-state index in [9.17, 15) is 4.79 Å². The molecule has 3 aromatic rings. The average Bonchev–Trinajstić information content (AvgIpc) is 2.83. The van der Waals surface area contributed by atoms with Gasteiger partial charge in [0.05, 0.1) is 25.9 Å². The molecule has 0 heterocycles. The summed E-state index contributed by atoms with van der Waals surface area (Å²) in [6.07, 6.45) is 3.26. The summed E-state index contributed by atoms with van der Waals surface area (Å²) in [6, 6.07) is 20.7. The molecule has 5 heteroatoms. The Morgan fingerprint density at radius 3 is 2.12 bits per heavy atom. The monoisotopic (exact) mass is 432 g/mol. The molecule has 3 aromatic carbocycles. The third-order valence-electron chi connectivity index (χ3n) is 4.70. The van der Waals surface area contributed by atoms with Gasteiger partial charge in [-0.3, -0.25) is 4.79 Å². The molecule has 5 nitrogen and oxygen atoms in total. The summed E-state index contributed by atoms with van der Waals surface area (Å²) >= 11 is 0. The van der Waals surface area contributed by atoms with Crippen LogP contribution in [0.1, 0.15) is 35.3 Å². The molecule has 0 fully saturated rings. The lowest BCUT2D eigenvalue weighted by Gasteiger charge is -2.12. The Labute approximate surface area is 189 Å². The molecule has 0 aliphatic carbocycles. The van der Waals surface area contributed by atoms with Gasteiger partial charge in [0, 0.05) is 17.7 Å². The van der Waals surface area contributed by atoms with Gasteiger partial charge in [-0.05, 0) is 55.8 Å². The van der Waals surface area contributed by atoms with E-state index in [1.54, 1.807) is 24.3 Å². The molecule has 0 aliphatic rings. The number of ether oxygens (including phenoxy) is 4. The maximum absolute atomic E-state index is 12.9. The molecule has 0 atom stereocenters. The lowest BCUT2D eigenvalue weighted by molar-refractivity contribution is 0.104. The second-order valence-corrected chi connectivity index (χ2v) is 6.90. The highest BCUT2D eigenvalue weighted by atomic mass is 16.5. The van der Waals surface area contributed by atoms with Gasteiger partial charge < -0.3 is 18.9 Å². The van der Waals surface area contributed by atoms with Gasteiger partial charge in [-0.15, -0.1) is 0 Å². The Bertz CT molecular complexity index is 1060. The van der Waals surface area contributed by atoms with E-state index in [0.717, 1.165) is 11.1 Å². The van der Waals surface area contributed by atoms with Crippen LogP contribution >= 0.6 is 0 Å². The lowest BCUT2D eigenvalue weighted by atomic mass is 10.1. The van der Waals surface area contributed by atoms with Crippen LogP contribution in [-0.2, 0) is 6.61 Å². The summed E-state index contributed by atoms with van der Waals surface area (Å²) in [6.45, 7) is 5.35. The molecule has 0 aliphatic heterocycles. The summed E-state index contributed by atoms with van der Waals surface area (Å²) in [4.78, 5) is 12.9. The van der Waals surface area contributed by atoms with Gasteiger partial charge in [-0.25, -0.2) is 0 Å². The number of carbonyl (C=O) groups excluding carboxylic acids is 1. The van der Waals surface area contributed by atoms with Gasteiger partial charge in [-0.1, -0.05) is 30.3 Å². The summed E-state index contributed by atoms with van der Waals surface area (Å²) in [5, 5.41) is 0. The van der Waals surface area contributed by atoms with E-state index in [2.05, 4.69) is 0 Å². The normalized spacial score (nSPS) is 10.7. The fourth-order valence-corrected chi connectivity index (χ4v) is 3.16. The first kappa shape index (κ1) is 22.9. The number of allylic oxidation sites excluding steroid dienone is 1. The van der Waals surface area contributed by atoms with Crippen LogP contribution in [0.15, 0.2) is 72.8 Å². The van der Waals surface area contributed by atoms with Crippen LogP contribution in [0.25, 0.3) is 6.08 Å². The van der Waals surface area contributed by atoms with Crippen molar-refractivity contribution in [2.75, 3.05) is 20.3 Å². The molecule has 166 valence electrons. The first-order valence-corrected chi connectivity index (χ1v) is 10.6. The minimum absolute atomic E-state index is 0.173. The zero-order valence-corrected chi connectivity index (χ0v) is 18.7. The molecule has 0 saturated carbocycles. The average molecular weight is 433 g/mol. The van der Waals surface area contributed by atoms with Crippen LogP contribution in [-0.4, -0.2) is 26.1 Å². The number of carbonyl (C=O) groups is 1. The maximum atomic E-state index is 12.9. The summed E-state index contributed by atoms with van der Waals surface area (Å²) < 4.78 is 22.5. The van der Waals surface area contributed by atoms with E-state index in [-0.39, 0.29) is 5.78 Å². The van der Waals surface area contributed by atoms with Crippen LogP contribution in [0.2, 0.25) is 0 Å². The smallest absolute Gasteiger partial charge is 0.189 e. The molecule has 3 rings (SSSR count). The molecule has 32 heavy (non-hydrogen) atoms. The van der Waals surface area contributed by atoms with Crippen molar-refractivity contribution in [3.8, 4) is 23.0 Å². The number of methoxy groups -OCH3 is 1. The largest absolute Gasteiger partial charge is 0.496 e. The molecule has 0 N–H and O–H groups in total. The maximum Gasteiger partial charge on any atom is 0.189 e. The Morgan fingerprint density at radius 1 is 0.812 bits per heavy atom. The van der Waals surface area contributed by atoms with Gasteiger partial charge in [0.1, 0.15) is 29.6 Å². The van der Waals surface area contributed by atoms with Gasteiger partial charge in [0.25, 0.3) is 0 Å². The standard InChI is InChI=1S/C27H28O5/c1-4-30-22-13-11-21(26(17-22)32-19-20-9-7-6-8-10-20)12-16-25(28)24-15-14-23(31-5-2)18-27(24)29-3/h6-18H,4-5,19H2,1-3H3. The van der Waals surface area contributed by atoms with Crippen molar-refractivity contribution in [2.24, 2.45) is 0 Å². The van der Waals surface area contributed by atoms with Crippen molar-refractivity contribution in [1.82, 2.24) is 0 Å². The number of hydrogen-bond acceptors (Lipinski definition) is 5. The van der Waals surface area contributed by atoms with Crippen molar-refractivity contribution in [2.45, 2.75) is 20.5 Å². The summed E-state index contributed by atoms with van der Waals surface area (Å²) in [5.74, 6) is 2.31. The van der Waals surface area contributed by atoms with Crippen molar-refractivity contribution < 1.29 is 23.7 Å². The van der Waals surface area contributed by atoms with Crippen molar-refractivity contribution >= 4 is 11.9 Å². The highest BCUT2D eigenvalue weighted by molar-refractivity contribution is 6.08. The molecule has 0 bridgehead atoms. The third-order valence-corrected chi connectivity index (χ3v) is 4.70. The van der Waals surface area contributed by atoms with Gasteiger partial charge in [-0.2, -0.15) is 0 Å². The van der Waals surface area contributed by atoms with Crippen LogP contribution in [0.5, 0.6) is 23.0 Å². The van der Waals surface area contributed by atoms with Crippen LogP contribution in [0.3, 0.4) is 0 Å². The van der Waals surface area contributed by atoms with E-state index in [1.807, 2.05) is 62.4 Å². The Kier molecular flexibility index (Phi) is 8.32. The number of benzene rings is 3. The number of ketones is 1. The third kappa shape index (κ3) is 6.14.